The fourth-order valence-electron chi connectivity index (χ4n) is 1.70. The number of aryl methyl sites for hydroxylation is 4. The largest absolute Gasteiger partial charge is 0.398 e. The molecule has 0 bridgehead atoms. The van der Waals surface area contributed by atoms with E-state index in [1.807, 2.05) is 13.8 Å². The van der Waals surface area contributed by atoms with Gasteiger partial charge in [0.25, 0.3) is 5.56 Å². The van der Waals surface area contributed by atoms with Crippen LogP contribution < -0.4 is 11.3 Å². The van der Waals surface area contributed by atoms with E-state index in [1.54, 1.807) is 21.5 Å². The summed E-state index contributed by atoms with van der Waals surface area (Å²) < 4.78 is 3.36. The number of nitrogens with zero attached hydrogens (tertiary/aromatic N) is 4. The van der Waals surface area contributed by atoms with Gasteiger partial charge >= 0.3 is 0 Å². The second-order valence-corrected chi connectivity index (χ2v) is 3.92. The molecule has 0 saturated heterocycles. The number of pyridine rings is 1. The molecule has 0 aliphatic heterocycles. The fourth-order valence-corrected chi connectivity index (χ4v) is 1.70. The highest BCUT2D eigenvalue weighted by Gasteiger charge is 2.03. The smallest absolute Gasteiger partial charge is 0.250 e. The first-order valence-electron chi connectivity index (χ1n) is 5.40. The van der Waals surface area contributed by atoms with Gasteiger partial charge in [-0.2, -0.15) is 5.10 Å². The Kier molecular flexibility index (Phi) is 2.95. The van der Waals surface area contributed by atoms with Gasteiger partial charge in [0.15, 0.2) is 0 Å². The number of hydrogen-bond donors (Lipinski definition) is 1. The van der Waals surface area contributed by atoms with E-state index in [2.05, 4.69) is 10.1 Å². The molecule has 2 aromatic rings. The average molecular weight is 233 g/mol. The minimum absolute atomic E-state index is 0.0614. The maximum absolute atomic E-state index is 11.5. The number of rotatable bonds is 3. The van der Waals surface area contributed by atoms with E-state index in [1.165, 1.54) is 6.07 Å². The van der Waals surface area contributed by atoms with E-state index in [0.717, 1.165) is 11.6 Å². The third-order valence-electron chi connectivity index (χ3n) is 2.52. The van der Waals surface area contributed by atoms with Gasteiger partial charge < -0.3 is 10.3 Å². The minimum Gasteiger partial charge on any atom is -0.398 e. The number of aromatic nitrogens is 4. The molecule has 17 heavy (non-hydrogen) atoms. The van der Waals surface area contributed by atoms with Crippen molar-refractivity contribution in [3.63, 3.8) is 0 Å². The Morgan fingerprint density at radius 3 is 2.71 bits per heavy atom. The Morgan fingerprint density at radius 2 is 2.06 bits per heavy atom. The van der Waals surface area contributed by atoms with Crippen molar-refractivity contribution in [2.75, 3.05) is 5.73 Å². The molecular weight excluding hydrogens is 218 g/mol. The highest BCUT2D eigenvalue weighted by atomic mass is 16.1. The third-order valence-corrected chi connectivity index (χ3v) is 2.52. The molecule has 2 heterocycles. The molecular formula is C11H15N5O. The molecule has 6 heteroatoms. The maximum atomic E-state index is 11.5. The molecule has 2 N–H and O–H groups in total. The summed E-state index contributed by atoms with van der Waals surface area (Å²) in [6.07, 6.45) is 1.64. The van der Waals surface area contributed by atoms with Crippen molar-refractivity contribution in [3.8, 4) is 0 Å². The zero-order valence-corrected chi connectivity index (χ0v) is 9.92. The van der Waals surface area contributed by atoms with Crippen molar-refractivity contribution in [1.29, 1.82) is 0 Å². The predicted octanol–water partition coefficient (Wildman–Crippen LogP) is 0.339. The summed E-state index contributed by atoms with van der Waals surface area (Å²) in [5.41, 5.74) is 6.15. The van der Waals surface area contributed by atoms with Crippen molar-refractivity contribution in [2.45, 2.75) is 26.9 Å². The number of anilines is 1. The lowest BCUT2D eigenvalue weighted by molar-refractivity contribution is 0.511. The van der Waals surface area contributed by atoms with Gasteiger partial charge in [-0.15, -0.1) is 0 Å². The second-order valence-electron chi connectivity index (χ2n) is 3.92. The Hall–Kier alpha value is -2.11. The monoisotopic (exact) mass is 233 g/mol. The molecule has 0 aliphatic rings. The van der Waals surface area contributed by atoms with E-state index < -0.39 is 0 Å². The van der Waals surface area contributed by atoms with Crippen molar-refractivity contribution in [2.24, 2.45) is 0 Å². The van der Waals surface area contributed by atoms with E-state index in [4.69, 9.17) is 5.73 Å². The molecule has 90 valence electrons. The summed E-state index contributed by atoms with van der Waals surface area (Å²) in [7, 11) is 0. The van der Waals surface area contributed by atoms with Crippen LogP contribution in [0.1, 0.15) is 11.6 Å². The molecule has 0 unspecified atom stereocenters. The van der Waals surface area contributed by atoms with Gasteiger partial charge in [0.1, 0.15) is 11.6 Å². The number of nitrogen functional groups attached to an aromatic ring is 1. The summed E-state index contributed by atoms with van der Waals surface area (Å²) in [6.45, 7) is 4.88. The Bertz CT molecular complexity index is 584. The third kappa shape index (κ3) is 2.52. The topological polar surface area (TPSA) is 78.7 Å². The van der Waals surface area contributed by atoms with E-state index in [-0.39, 0.29) is 5.56 Å². The van der Waals surface area contributed by atoms with Crippen LogP contribution in [0.2, 0.25) is 0 Å². The molecule has 0 saturated carbocycles. The van der Waals surface area contributed by atoms with Gasteiger partial charge in [0.2, 0.25) is 0 Å². The van der Waals surface area contributed by atoms with Crippen molar-refractivity contribution in [3.05, 3.63) is 40.3 Å². The van der Waals surface area contributed by atoms with Crippen LogP contribution in [-0.4, -0.2) is 19.3 Å². The zero-order valence-electron chi connectivity index (χ0n) is 9.92. The Labute approximate surface area is 98.7 Å². The van der Waals surface area contributed by atoms with Crippen LogP contribution >= 0.6 is 0 Å². The first-order chi connectivity index (χ1) is 8.06. The van der Waals surface area contributed by atoms with E-state index in [0.29, 0.717) is 18.8 Å². The standard InChI is InChI=1S/C11H15N5O/c1-8-13-9(2)16(14-8)6-5-15-7-10(12)3-4-11(15)17/h3-4,7H,5-6,12H2,1-2H3. The average Bonchev–Trinajstić information content (AvgIpc) is 2.59. The maximum Gasteiger partial charge on any atom is 0.250 e. The first kappa shape index (κ1) is 11.4. The van der Waals surface area contributed by atoms with Crippen LogP contribution in [0, 0.1) is 13.8 Å². The predicted molar refractivity (Wildman–Crippen MR) is 64.6 cm³/mol. The molecule has 0 atom stereocenters. The van der Waals surface area contributed by atoms with Gasteiger partial charge in [0.05, 0.1) is 6.54 Å². The molecule has 0 aliphatic carbocycles. The van der Waals surface area contributed by atoms with Crippen molar-refractivity contribution >= 4 is 5.69 Å². The Balaban J connectivity index is 2.15. The highest BCUT2D eigenvalue weighted by molar-refractivity contribution is 5.33. The molecule has 0 amide bonds. The van der Waals surface area contributed by atoms with Crippen LogP contribution in [0.15, 0.2) is 23.1 Å². The van der Waals surface area contributed by atoms with Crippen LogP contribution in [0.25, 0.3) is 0 Å². The summed E-state index contributed by atoms with van der Waals surface area (Å²) in [5.74, 6) is 1.59. The minimum atomic E-state index is -0.0614. The lowest BCUT2D eigenvalue weighted by Crippen LogP contribution is -2.22. The lowest BCUT2D eigenvalue weighted by atomic mass is 10.4. The quantitative estimate of drug-likeness (QED) is 0.829. The summed E-state index contributed by atoms with van der Waals surface area (Å²) >= 11 is 0. The van der Waals surface area contributed by atoms with Gasteiger partial charge in [-0.1, -0.05) is 0 Å². The van der Waals surface area contributed by atoms with E-state index in [9.17, 15) is 4.79 Å². The summed E-state index contributed by atoms with van der Waals surface area (Å²) in [5, 5.41) is 4.24. The SMILES string of the molecule is Cc1nc(C)n(CCn2cc(N)ccc2=O)n1. The lowest BCUT2D eigenvalue weighted by Gasteiger charge is -2.07. The molecule has 2 rings (SSSR count). The summed E-state index contributed by atoms with van der Waals surface area (Å²) in [6, 6.07) is 3.07. The Morgan fingerprint density at radius 1 is 1.29 bits per heavy atom. The second kappa shape index (κ2) is 4.40. The van der Waals surface area contributed by atoms with Crippen LogP contribution in [-0.2, 0) is 13.1 Å². The molecule has 0 spiro atoms. The van der Waals surface area contributed by atoms with Gasteiger partial charge in [-0.3, -0.25) is 4.79 Å². The highest BCUT2D eigenvalue weighted by Crippen LogP contribution is 1.99. The first-order valence-corrected chi connectivity index (χ1v) is 5.40. The van der Waals surface area contributed by atoms with Crippen molar-refractivity contribution in [1.82, 2.24) is 19.3 Å². The zero-order chi connectivity index (χ0) is 12.4. The van der Waals surface area contributed by atoms with Gasteiger partial charge in [0, 0.05) is 24.5 Å². The summed E-state index contributed by atoms with van der Waals surface area (Å²) in [4.78, 5) is 15.7. The van der Waals surface area contributed by atoms with E-state index >= 15 is 0 Å². The number of hydrogen-bond acceptors (Lipinski definition) is 4. The van der Waals surface area contributed by atoms with Crippen LogP contribution in [0.4, 0.5) is 5.69 Å². The van der Waals surface area contributed by atoms with Gasteiger partial charge in [-0.25, -0.2) is 9.67 Å². The fraction of sp³-hybridized carbons (Fsp3) is 0.364. The molecule has 2 aromatic heterocycles. The molecule has 0 aromatic carbocycles. The normalized spacial score (nSPS) is 10.7. The number of nitrogens with two attached hydrogens (primary N) is 1. The molecule has 0 fully saturated rings. The van der Waals surface area contributed by atoms with Gasteiger partial charge in [-0.05, 0) is 19.9 Å². The van der Waals surface area contributed by atoms with Crippen LogP contribution in [0.5, 0.6) is 0 Å². The molecule has 0 radical (unpaired) electrons. The van der Waals surface area contributed by atoms with Crippen molar-refractivity contribution < 1.29 is 0 Å². The molecule has 6 nitrogen and oxygen atoms in total. The van der Waals surface area contributed by atoms with Crippen LogP contribution in [0.3, 0.4) is 0 Å².